The zero-order chi connectivity index (χ0) is 13.3. The first kappa shape index (κ1) is 12.9. The van der Waals surface area contributed by atoms with Crippen molar-refractivity contribution in [2.24, 2.45) is 0 Å². The molecule has 1 aromatic rings. The first-order chi connectivity index (χ1) is 9.19. The maximum Gasteiger partial charge on any atom is 0.181 e. The Balaban J connectivity index is 1.57. The molecule has 4 heteroatoms. The van der Waals surface area contributed by atoms with Gasteiger partial charge >= 0.3 is 0 Å². The molecule has 2 aliphatic rings. The minimum absolute atomic E-state index is 0.0901. The number of hydrogen-bond donors (Lipinski definition) is 1. The second kappa shape index (κ2) is 5.08. The molecular weight excluding hydrogens is 248 g/mol. The summed E-state index contributed by atoms with van der Waals surface area (Å²) in [5.41, 5.74) is 0.309. The highest BCUT2D eigenvalue weighted by molar-refractivity contribution is 5.45. The maximum atomic E-state index is 13.5. The number of anilines is 1. The summed E-state index contributed by atoms with van der Waals surface area (Å²) < 4.78 is 32.7. The van der Waals surface area contributed by atoms with E-state index in [2.05, 4.69) is 5.32 Å². The van der Waals surface area contributed by atoms with Crippen LogP contribution in [-0.2, 0) is 4.74 Å². The molecule has 1 heterocycles. The van der Waals surface area contributed by atoms with Crippen molar-refractivity contribution in [2.45, 2.75) is 50.2 Å². The van der Waals surface area contributed by atoms with Gasteiger partial charge in [0.25, 0.3) is 0 Å². The van der Waals surface area contributed by atoms with Gasteiger partial charge in [-0.25, -0.2) is 8.78 Å². The molecule has 1 atom stereocenters. The van der Waals surface area contributed by atoms with Crippen molar-refractivity contribution in [2.75, 3.05) is 11.9 Å². The highest BCUT2D eigenvalue weighted by Gasteiger charge is 2.41. The third-order valence-electron chi connectivity index (χ3n) is 4.33. The molecule has 1 aliphatic carbocycles. The van der Waals surface area contributed by atoms with Gasteiger partial charge in [0.2, 0.25) is 0 Å². The van der Waals surface area contributed by atoms with Gasteiger partial charge in [0.15, 0.2) is 11.6 Å². The van der Waals surface area contributed by atoms with Crippen LogP contribution in [0.3, 0.4) is 0 Å². The number of nitrogens with one attached hydrogen (secondary N) is 1. The predicted molar refractivity (Wildman–Crippen MR) is 70.2 cm³/mol. The van der Waals surface area contributed by atoms with Gasteiger partial charge in [-0.15, -0.1) is 0 Å². The third kappa shape index (κ3) is 2.59. The normalized spacial score (nSPS) is 25.1. The molecule has 1 spiro atoms. The minimum Gasteiger partial charge on any atom is -0.380 e. The molecular formula is C15H19F2NO. The van der Waals surface area contributed by atoms with Crippen LogP contribution >= 0.6 is 0 Å². The lowest BCUT2D eigenvalue weighted by molar-refractivity contribution is -0.0307. The molecule has 1 saturated carbocycles. The fraction of sp³-hybridized carbons (Fsp3) is 0.600. The van der Waals surface area contributed by atoms with E-state index in [1.807, 2.05) is 0 Å². The van der Waals surface area contributed by atoms with E-state index in [0.29, 0.717) is 6.54 Å². The second-order valence-electron chi connectivity index (χ2n) is 5.65. The van der Waals surface area contributed by atoms with Crippen molar-refractivity contribution in [3.05, 3.63) is 29.8 Å². The van der Waals surface area contributed by atoms with E-state index >= 15 is 0 Å². The summed E-state index contributed by atoms with van der Waals surface area (Å²) in [6.07, 6.45) is 7.02. The van der Waals surface area contributed by atoms with Crippen LogP contribution < -0.4 is 5.32 Å². The molecule has 104 valence electrons. The average Bonchev–Trinajstić information content (AvgIpc) is 3.02. The van der Waals surface area contributed by atoms with Gasteiger partial charge in [-0.05, 0) is 37.8 Å². The Bertz CT molecular complexity index is 457. The zero-order valence-electron chi connectivity index (χ0n) is 10.9. The summed E-state index contributed by atoms with van der Waals surface area (Å²) in [5, 5.41) is 2.96. The summed E-state index contributed by atoms with van der Waals surface area (Å²) in [6, 6.07) is 4.19. The fourth-order valence-electron chi connectivity index (χ4n) is 3.29. The van der Waals surface area contributed by atoms with E-state index in [0.717, 1.165) is 31.7 Å². The van der Waals surface area contributed by atoms with E-state index in [9.17, 15) is 8.78 Å². The van der Waals surface area contributed by atoms with Crippen LogP contribution in [0.1, 0.15) is 38.5 Å². The van der Waals surface area contributed by atoms with Crippen molar-refractivity contribution in [1.29, 1.82) is 0 Å². The Hall–Kier alpha value is -1.16. The van der Waals surface area contributed by atoms with E-state index in [-0.39, 0.29) is 17.4 Å². The second-order valence-corrected chi connectivity index (χ2v) is 5.65. The van der Waals surface area contributed by atoms with Gasteiger partial charge in [-0.3, -0.25) is 0 Å². The van der Waals surface area contributed by atoms with Crippen molar-refractivity contribution in [3.8, 4) is 0 Å². The summed E-state index contributed by atoms with van der Waals surface area (Å²) in [7, 11) is 0. The van der Waals surface area contributed by atoms with Crippen LogP contribution in [0, 0.1) is 11.6 Å². The Morgan fingerprint density at radius 3 is 2.79 bits per heavy atom. The first-order valence-corrected chi connectivity index (χ1v) is 7.04. The quantitative estimate of drug-likeness (QED) is 0.897. The predicted octanol–water partition coefficient (Wildman–Crippen LogP) is 3.87. The number of halogens is 2. The third-order valence-corrected chi connectivity index (χ3v) is 4.33. The molecule has 1 aliphatic heterocycles. The van der Waals surface area contributed by atoms with Gasteiger partial charge < -0.3 is 10.1 Å². The number of ether oxygens (including phenoxy) is 1. The van der Waals surface area contributed by atoms with Gasteiger partial charge in [-0.1, -0.05) is 18.9 Å². The molecule has 1 unspecified atom stereocenters. The smallest absolute Gasteiger partial charge is 0.181 e. The summed E-state index contributed by atoms with van der Waals surface area (Å²) in [4.78, 5) is 0. The number of benzene rings is 1. The molecule has 19 heavy (non-hydrogen) atoms. The molecule has 0 aromatic heterocycles. The SMILES string of the molecule is Fc1cccc(NCC2CCC3(CCCC3)O2)c1F. The van der Waals surface area contributed by atoms with Crippen LogP contribution in [0.5, 0.6) is 0 Å². The van der Waals surface area contributed by atoms with Crippen molar-refractivity contribution in [1.82, 2.24) is 0 Å². The Morgan fingerprint density at radius 1 is 1.21 bits per heavy atom. The zero-order valence-corrected chi connectivity index (χ0v) is 10.9. The van der Waals surface area contributed by atoms with Crippen LogP contribution in [-0.4, -0.2) is 18.2 Å². The first-order valence-electron chi connectivity index (χ1n) is 7.04. The maximum absolute atomic E-state index is 13.5. The van der Waals surface area contributed by atoms with Gasteiger partial charge in [-0.2, -0.15) is 0 Å². The monoisotopic (exact) mass is 267 g/mol. The number of rotatable bonds is 3. The summed E-state index contributed by atoms with van der Waals surface area (Å²) in [5.74, 6) is -1.62. The lowest BCUT2D eigenvalue weighted by Gasteiger charge is -2.24. The largest absolute Gasteiger partial charge is 0.380 e. The van der Waals surface area contributed by atoms with E-state index in [4.69, 9.17) is 4.74 Å². The van der Waals surface area contributed by atoms with Gasteiger partial charge in [0.1, 0.15) is 0 Å². The molecule has 1 saturated heterocycles. The summed E-state index contributed by atoms with van der Waals surface area (Å²) in [6.45, 7) is 0.544. The van der Waals surface area contributed by atoms with Crippen LogP contribution in [0.15, 0.2) is 18.2 Å². The molecule has 1 aromatic carbocycles. The molecule has 2 fully saturated rings. The highest BCUT2D eigenvalue weighted by atomic mass is 19.2. The Kier molecular flexibility index (Phi) is 3.44. The molecule has 1 N–H and O–H groups in total. The lowest BCUT2D eigenvalue weighted by Crippen LogP contribution is -2.28. The van der Waals surface area contributed by atoms with Crippen molar-refractivity contribution < 1.29 is 13.5 Å². The standard InChI is InChI=1S/C15H19F2NO/c16-12-4-3-5-13(14(12)17)18-10-11-6-9-15(19-11)7-1-2-8-15/h3-5,11,18H,1-2,6-10H2. The van der Waals surface area contributed by atoms with Crippen LogP contribution in [0.4, 0.5) is 14.5 Å². The summed E-state index contributed by atoms with van der Waals surface area (Å²) >= 11 is 0. The Morgan fingerprint density at radius 2 is 2.00 bits per heavy atom. The highest BCUT2D eigenvalue weighted by Crippen LogP contribution is 2.43. The molecule has 0 amide bonds. The average molecular weight is 267 g/mol. The van der Waals surface area contributed by atoms with Gasteiger partial charge in [0, 0.05) is 6.54 Å². The minimum atomic E-state index is -0.815. The molecule has 0 radical (unpaired) electrons. The molecule has 2 nitrogen and oxygen atoms in total. The topological polar surface area (TPSA) is 21.3 Å². The van der Waals surface area contributed by atoms with Crippen LogP contribution in [0.2, 0.25) is 0 Å². The van der Waals surface area contributed by atoms with E-state index in [1.54, 1.807) is 6.07 Å². The van der Waals surface area contributed by atoms with E-state index in [1.165, 1.54) is 18.9 Å². The van der Waals surface area contributed by atoms with E-state index < -0.39 is 11.6 Å². The fourth-order valence-corrected chi connectivity index (χ4v) is 3.29. The van der Waals surface area contributed by atoms with Gasteiger partial charge in [0.05, 0.1) is 17.4 Å². The number of hydrogen-bond acceptors (Lipinski definition) is 2. The Labute approximate surface area is 112 Å². The lowest BCUT2D eigenvalue weighted by atomic mass is 9.98. The molecule has 0 bridgehead atoms. The van der Waals surface area contributed by atoms with Crippen molar-refractivity contribution >= 4 is 5.69 Å². The van der Waals surface area contributed by atoms with Crippen LogP contribution in [0.25, 0.3) is 0 Å². The van der Waals surface area contributed by atoms with Crippen molar-refractivity contribution in [3.63, 3.8) is 0 Å². The molecule has 3 rings (SSSR count).